The van der Waals surface area contributed by atoms with Crippen LogP contribution in [0.15, 0.2) is 107 Å². The molecule has 3 aliphatic rings. The molecule has 8 nitrogen and oxygen atoms in total. The summed E-state index contributed by atoms with van der Waals surface area (Å²) in [5.74, 6) is 0. The molecule has 10 heteroatoms. The number of hydrogen-bond donors (Lipinski definition) is 0. The molecule has 2 atom stereocenters. The molecule has 0 amide bonds. The normalized spacial score (nSPS) is 20.5. The van der Waals surface area contributed by atoms with Crippen molar-refractivity contribution in [3.63, 3.8) is 0 Å². The van der Waals surface area contributed by atoms with E-state index in [1.807, 2.05) is 74.5 Å². The summed E-state index contributed by atoms with van der Waals surface area (Å²) in [4.78, 5) is 4.88. The lowest BCUT2D eigenvalue weighted by Crippen LogP contribution is -2.60. The van der Waals surface area contributed by atoms with E-state index in [2.05, 4.69) is 9.80 Å². The lowest BCUT2D eigenvalue weighted by Gasteiger charge is -2.56. The summed E-state index contributed by atoms with van der Waals surface area (Å²) in [5, 5.41) is 0. The van der Waals surface area contributed by atoms with Gasteiger partial charge < -0.3 is 4.90 Å². The molecule has 3 aliphatic heterocycles. The Hall–Kier alpha value is -3.70. The van der Waals surface area contributed by atoms with Crippen LogP contribution < -0.4 is 8.61 Å². The van der Waals surface area contributed by atoms with Gasteiger partial charge in [0.05, 0.1) is 21.2 Å². The Kier molecular flexibility index (Phi) is 7.72. The summed E-state index contributed by atoms with van der Waals surface area (Å²) >= 11 is 0. The quantitative estimate of drug-likeness (QED) is 0.239. The van der Waals surface area contributed by atoms with Crippen molar-refractivity contribution in [1.29, 1.82) is 0 Å². The van der Waals surface area contributed by atoms with E-state index in [4.69, 9.17) is 0 Å². The van der Waals surface area contributed by atoms with E-state index in [-0.39, 0.29) is 9.79 Å². The molecule has 2 bridgehead atoms. The fourth-order valence-electron chi connectivity index (χ4n) is 6.94. The van der Waals surface area contributed by atoms with Crippen molar-refractivity contribution in [3.05, 3.63) is 119 Å². The van der Waals surface area contributed by atoms with Gasteiger partial charge in [0.15, 0.2) is 0 Å². The van der Waals surface area contributed by atoms with Crippen molar-refractivity contribution in [3.8, 4) is 0 Å². The summed E-state index contributed by atoms with van der Waals surface area (Å²) in [5.41, 5.74) is 4.18. The standard InChI is InChI=1S/C35H38N4O4S2/c1-26-14-18-28(19-15-26)44(40,41)38-32-12-6-4-10-30(32)35-37(25-24-36-22-8-3-9-23-36)34(38)31-11-5-7-13-33(31)39(35)45(42,43)29-20-16-27(2)17-21-29/h4-7,10-21,34-35H,3,8-9,22-25H2,1-2H3. The van der Waals surface area contributed by atoms with Crippen LogP contribution in [0.5, 0.6) is 0 Å². The van der Waals surface area contributed by atoms with E-state index in [0.717, 1.165) is 37.1 Å². The van der Waals surface area contributed by atoms with Gasteiger partial charge in [-0.3, -0.25) is 4.90 Å². The van der Waals surface area contributed by atoms with E-state index < -0.39 is 32.4 Å². The first-order chi connectivity index (χ1) is 21.7. The highest BCUT2D eigenvalue weighted by Crippen LogP contribution is 2.56. The van der Waals surface area contributed by atoms with Gasteiger partial charge in [0.2, 0.25) is 0 Å². The van der Waals surface area contributed by atoms with Gasteiger partial charge in [-0.05, 0) is 76.2 Å². The van der Waals surface area contributed by atoms with Crippen molar-refractivity contribution >= 4 is 31.4 Å². The lowest BCUT2D eigenvalue weighted by atomic mass is 9.96. The zero-order valence-electron chi connectivity index (χ0n) is 25.6. The largest absolute Gasteiger partial charge is 0.302 e. The zero-order chi connectivity index (χ0) is 31.3. The summed E-state index contributed by atoms with van der Waals surface area (Å²) in [6.45, 7) is 7.01. The zero-order valence-corrected chi connectivity index (χ0v) is 27.2. The van der Waals surface area contributed by atoms with Gasteiger partial charge in [0.25, 0.3) is 20.0 Å². The number of sulfonamides is 2. The molecule has 0 aromatic heterocycles. The van der Waals surface area contributed by atoms with E-state index in [1.54, 1.807) is 36.4 Å². The van der Waals surface area contributed by atoms with E-state index >= 15 is 0 Å². The Labute approximate surface area is 266 Å². The minimum absolute atomic E-state index is 0.199. The minimum Gasteiger partial charge on any atom is -0.302 e. The van der Waals surface area contributed by atoms with Gasteiger partial charge in [-0.25, -0.2) is 25.4 Å². The van der Waals surface area contributed by atoms with Crippen molar-refractivity contribution in [2.75, 3.05) is 34.8 Å². The second kappa shape index (κ2) is 11.6. The van der Waals surface area contributed by atoms with Gasteiger partial charge in [-0.1, -0.05) is 78.2 Å². The van der Waals surface area contributed by atoms with Gasteiger partial charge in [-0.2, -0.15) is 0 Å². The molecule has 1 fully saturated rings. The Morgan fingerprint density at radius 1 is 0.556 bits per heavy atom. The lowest BCUT2D eigenvalue weighted by molar-refractivity contribution is 0.0978. The molecule has 0 aliphatic carbocycles. The SMILES string of the molecule is Cc1ccc(S(=O)(=O)N2c3ccccc3C3N(CCN4CCCCC4)C2c2ccccc2N3S(=O)(=O)c2ccc(C)cc2)cc1. The number of nitrogens with zero attached hydrogens (tertiary/aromatic N) is 4. The smallest absolute Gasteiger partial charge is 0.265 e. The topological polar surface area (TPSA) is 81.2 Å². The number of para-hydroxylation sites is 2. The highest BCUT2D eigenvalue weighted by Gasteiger charge is 2.54. The highest BCUT2D eigenvalue weighted by molar-refractivity contribution is 7.93. The van der Waals surface area contributed by atoms with Crippen molar-refractivity contribution in [2.45, 2.75) is 55.2 Å². The molecular weight excluding hydrogens is 605 g/mol. The number of aryl methyl sites for hydroxylation is 2. The number of likely N-dealkylation sites (tertiary alicyclic amines) is 1. The molecule has 234 valence electrons. The molecule has 0 saturated carbocycles. The van der Waals surface area contributed by atoms with Crippen LogP contribution in [0.25, 0.3) is 0 Å². The van der Waals surface area contributed by atoms with Gasteiger partial charge in [0.1, 0.15) is 12.3 Å². The second-order valence-corrected chi connectivity index (χ2v) is 15.9. The Morgan fingerprint density at radius 3 is 1.42 bits per heavy atom. The number of fused-ring (bicyclic) bond motifs is 6. The number of hydrogen-bond acceptors (Lipinski definition) is 6. The van der Waals surface area contributed by atoms with Crippen LogP contribution in [-0.4, -0.2) is 52.8 Å². The average molecular weight is 643 g/mol. The maximum atomic E-state index is 14.7. The molecule has 0 spiro atoms. The molecule has 4 aromatic carbocycles. The fourth-order valence-corrected chi connectivity index (χ4v) is 10.2. The van der Waals surface area contributed by atoms with Crippen LogP contribution in [0.4, 0.5) is 11.4 Å². The van der Waals surface area contributed by atoms with Crippen molar-refractivity contribution in [2.24, 2.45) is 0 Å². The maximum Gasteiger partial charge on any atom is 0.265 e. The first kappa shape index (κ1) is 30.0. The third kappa shape index (κ3) is 5.13. The first-order valence-electron chi connectivity index (χ1n) is 15.6. The summed E-state index contributed by atoms with van der Waals surface area (Å²) in [6, 6.07) is 28.5. The molecule has 4 aromatic rings. The molecule has 3 heterocycles. The molecule has 0 N–H and O–H groups in total. The van der Waals surface area contributed by atoms with Crippen LogP contribution in [0.2, 0.25) is 0 Å². The van der Waals surface area contributed by atoms with Gasteiger partial charge in [-0.15, -0.1) is 0 Å². The van der Waals surface area contributed by atoms with E-state index in [9.17, 15) is 16.8 Å². The van der Waals surface area contributed by atoms with Crippen LogP contribution in [0, 0.1) is 13.8 Å². The minimum atomic E-state index is -4.06. The number of anilines is 2. The summed E-state index contributed by atoms with van der Waals surface area (Å²) in [6.07, 6.45) is 1.96. The van der Waals surface area contributed by atoms with Crippen LogP contribution >= 0.6 is 0 Å². The number of benzene rings is 4. The molecule has 0 radical (unpaired) electrons. The average Bonchev–Trinajstić information content (AvgIpc) is 3.04. The Bertz CT molecular complexity index is 1790. The number of rotatable bonds is 7. The van der Waals surface area contributed by atoms with Gasteiger partial charge in [0, 0.05) is 24.2 Å². The predicted octanol–water partition coefficient (Wildman–Crippen LogP) is 6.21. The maximum absolute atomic E-state index is 14.7. The molecule has 7 rings (SSSR count). The van der Waals surface area contributed by atoms with Gasteiger partial charge >= 0.3 is 0 Å². The molecular formula is C35H38N4O4S2. The van der Waals surface area contributed by atoms with Crippen molar-refractivity contribution < 1.29 is 16.8 Å². The predicted molar refractivity (Wildman–Crippen MR) is 177 cm³/mol. The number of piperidine rings is 1. The third-order valence-corrected chi connectivity index (χ3v) is 12.8. The van der Waals surface area contributed by atoms with Crippen LogP contribution in [-0.2, 0) is 20.0 Å². The highest BCUT2D eigenvalue weighted by atomic mass is 32.2. The first-order valence-corrected chi connectivity index (χ1v) is 18.4. The molecule has 2 unspecified atom stereocenters. The van der Waals surface area contributed by atoms with E-state index in [1.165, 1.54) is 15.0 Å². The van der Waals surface area contributed by atoms with E-state index in [0.29, 0.717) is 35.6 Å². The second-order valence-electron chi connectivity index (χ2n) is 12.2. The Morgan fingerprint density at radius 2 is 0.978 bits per heavy atom. The Balaban J connectivity index is 1.46. The molecule has 45 heavy (non-hydrogen) atoms. The fraction of sp³-hybridized carbons (Fsp3) is 0.314. The van der Waals surface area contributed by atoms with Crippen LogP contribution in [0.3, 0.4) is 0 Å². The van der Waals surface area contributed by atoms with Crippen LogP contribution in [0.1, 0.15) is 53.8 Å². The molecule has 1 saturated heterocycles. The third-order valence-electron chi connectivity index (χ3n) is 9.26. The summed E-state index contributed by atoms with van der Waals surface area (Å²) < 4.78 is 61.9. The summed E-state index contributed by atoms with van der Waals surface area (Å²) in [7, 11) is -8.12. The van der Waals surface area contributed by atoms with Crippen molar-refractivity contribution in [1.82, 2.24) is 9.80 Å². The monoisotopic (exact) mass is 642 g/mol.